The van der Waals surface area contributed by atoms with Crippen LogP contribution in [0.3, 0.4) is 0 Å². The Morgan fingerprint density at radius 2 is 1.41 bits per heavy atom. The number of nitrogens with one attached hydrogen (secondary N) is 1. The minimum absolute atomic E-state index is 0.212. The largest absolute Gasteiger partial charge is 0.351 e. The van der Waals surface area contributed by atoms with Crippen LogP contribution in [0.15, 0.2) is 40.5 Å². The maximum absolute atomic E-state index is 12.4. The number of benzene rings is 1. The van der Waals surface area contributed by atoms with Crippen LogP contribution in [0.25, 0.3) is 0 Å². The van der Waals surface area contributed by atoms with Crippen molar-refractivity contribution in [1.29, 1.82) is 0 Å². The molecule has 1 aliphatic heterocycles. The Morgan fingerprint density at radius 1 is 0.852 bits per heavy atom. The Bertz CT molecular complexity index is 640. The third-order valence-corrected chi connectivity index (χ3v) is 5.40. The summed E-state index contributed by atoms with van der Waals surface area (Å²) in [5, 5.41) is 3.05. The number of nitrogens with zero attached hydrogens (tertiary/aromatic N) is 1. The maximum Gasteiger partial charge on any atom is 0.277 e. The van der Waals surface area contributed by atoms with Crippen LogP contribution in [-0.4, -0.2) is 23.3 Å². The molecule has 2 amide bonds. The molecule has 4 nitrogen and oxygen atoms in total. The molecular formula is C22H31BrN2O2. The molecule has 0 radical (unpaired) electrons. The fraction of sp³-hybridized carbons (Fsp3) is 0.545. The summed E-state index contributed by atoms with van der Waals surface area (Å²) in [5.41, 5.74) is 1.15. The van der Waals surface area contributed by atoms with E-state index in [-0.39, 0.29) is 11.8 Å². The van der Waals surface area contributed by atoms with Crippen molar-refractivity contribution >= 4 is 33.4 Å². The molecule has 1 aliphatic rings. The SMILES string of the molecule is CCCCCCCCCCCCN1C(=O)C=C(Nc2ccc(Br)cc2)C1=O. The average Bonchev–Trinajstić information content (AvgIpc) is 2.92. The maximum atomic E-state index is 12.4. The van der Waals surface area contributed by atoms with E-state index in [1.54, 1.807) is 0 Å². The van der Waals surface area contributed by atoms with Gasteiger partial charge in [0.2, 0.25) is 0 Å². The lowest BCUT2D eigenvalue weighted by Crippen LogP contribution is -2.33. The Hall–Kier alpha value is -1.62. The summed E-state index contributed by atoms with van der Waals surface area (Å²) in [6.45, 7) is 2.75. The van der Waals surface area contributed by atoms with Crippen LogP contribution < -0.4 is 5.32 Å². The number of imide groups is 1. The predicted molar refractivity (Wildman–Crippen MR) is 114 cm³/mol. The zero-order valence-electron chi connectivity index (χ0n) is 16.3. The molecule has 0 fully saturated rings. The lowest BCUT2D eigenvalue weighted by Gasteiger charge is -2.15. The minimum Gasteiger partial charge on any atom is -0.351 e. The number of hydrogen-bond acceptors (Lipinski definition) is 3. The molecule has 1 heterocycles. The molecule has 1 aromatic rings. The van der Waals surface area contributed by atoms with Crippen molar-refractivity contribution in [3.63, 3.8) is 0 Å². The van der Waals surface area contributed by atoms with Gasteiger partial charge in [0.05, 0.1) is 0 Å². The van der Waals surface area contributed by atoms with Crippen LogP contribution in [0, 0.1) is 0 Å². The van der Waals surface area contributed by atoms with Gasteiger partial charge in [-0.2, -0.15) is 0 Å². The van der Waals surface area contributed by atoms with Crippen molar-refractivity contribution in [2.75, 3.05) is 11.9 Å². The molecule has 1 N–H and O–H groups in total. The molecular weight excluding hydrogens is 404 g/mol. The second-order valence-corrected chi connectivity index (χ2v) is 8.08. The summed E-state index contributed by atoms with van der Waals surface area (Å²) in [4.78, 5) is 25.9. The van der Waals surface area contributed by atoms with E-state index < -0.39 is 0 Å². The van der Waals surface area contributed by atoms with E-state index in [1.807, 2.05) is 24.3 Å². The summed E-state index contributed by atoms with van der Waals surface area (Å²) in [6, 6.07) is 7.53. The summed E-state index contributed by atoms with van der Waals surface area (Å²) in [7, 11) is 0. The van der Waals surface area contributed by atoms with E-state index >= 15 is 0 Å². The van der Waals surface area contributed by atoms with Crippen molar-refractivity contribution in [2.45, 2.75) is 71.1 Å². The molecule has 0 unspecified atom stereocenters. The normalized spacial score (nSPS) is 14.0. The lowest BCUT2D eigenvalue weighted by atomic mass is 10.1. The molecule has 5 heteroatoms. The summed E-state index contributed by atoms with van der Waals surface area (Å²) in [5.74, 6) is -0.436. The van der Waals surface area contributed by atoms with Gasteiger partial charge in [0.15, 0.2) is 0 Å². The van der Waals surface area contributed by atoms with Crippen molar-refractivity contribution in [1.82, 2.24) is 4.90 Å². The Morgan fingerprint density at radius 3 is 2.00 bits per heavy atom. The topological polar surface area (TPSA) is 49.4 Å². The van der Waals surface area contributed by atoms with Crippen molar-refractivity contribution in [3.05, 3.63) is 40.5 Å². The van der Waals surface area contributed by atoms with E-state index in [0.29, 0.717) is 12.2 Å². The van der Waals surface area contributed by atoms with Gasteiger partial charge in [0, 0.05) is 22.8 Å². The second kappa shape index (κ2) is 12.0. The summed E-state index contributed by atoms with van der Waals surface area (Å²) < 4.78 is 0.971. The number of hydrogen-bond donors (Lipinski definition) is 1. The first-order valence-electron chi connectivity index (χ1n) is 10.2. The molecule has 0 saturated heterocycles. The van der Waals surface area contributed by atoms with Gasteiger partial charge in [-0.3, -0.25) is 14.5 Å². The zero-order chi connectivity index (χ0) is 19.5. The average molecular weight is 435 g/mol. The summed E-state index contributed by atoms with van der Waals surface area (Å²) in [6.07, 6.45) is 13.8. The van der Waals surface area contributed by atoms with Gasteiger partial charge in [0.1, 0.15) is 5.70 Å². The van der Waals surface area contributed by atoms with Gasteiger partial charge in [-0.15, -0.1) is 0 Å². The predicted octanol–water partition coefficient (Wildman–Crippen LogP) is 6.03. The smallest absolute Gasteiger partial charge is 0.277 e. The number of unbranched alkanes of at least 4 members (excludes halogenated alkanes) is 9. The molecule has 0 spiro atoms. The van der Waals surface area contributed by atoms with Crippen LogP contribution in [0.5, 0.6) is 0 Å². The van der Waals surface area contributed by atoms with Crippen LogP contribution >= 0.6 is 15.9 Å². The van der Waals surface area contributed by atoms with Crippen LogP contribution in [0.1, 0.15) is 71.1 Å². The molecule has 2 rings (SSSR count). The van der Waals surface area contributed by atoms with Gasteiger partial charge < -0.3 is 5.32 Å². The molecule has 0 aromatic heterocycles. The van der Waals surface area contributed by atoms with Crippen molar-refractivity contribution in [3.8, 4) is 0 Å². The number of carbonyl (C=O) groups excluding carboxylic acids is 2. The van der Waals surface area contributed by atoms with E-state index in [9.17, 15) is 9.59 Å². The van der Waals surface area contributed by atoms with E-state index in [4.69, 9.17) is 0 Å². The van der Waals surface area contributed by atoms with Crippen LogP contribution in [0.2, 0.25) is 0 Å². The van der Waals surface area contributed by atoms with E-state index in [0.717, 1.165) is 23.0 Å². The van der Waals surface area contributed by atoms with Gasteiger partial charge in [-0.05, 0) is 30.7 Å². The fourth-order valence-electron chi connectivity index (χ4n) is 3.26. The highest BCUT2D eigenvalue weighted by atomic mass is 79.9. The van der Waals surface area contributed by atoms with Gasteiger partial charge in [0.25, 0.3) is 11.8 Å². The van der Waals surface area contributed by atoms with Crippen LogP contribution in [-0.2, 0) is 9.59 Å². The molecule has 148 valence electrons. The number of halogens is 1. The first-order valence-corrected chi connectivity index (χ1v) is 11.0. The van der Waals surface area contributed by atoms with Crippen LogP contribution in [0.4, 0.5) is 5.69 Å². The Kier molecular flexibility index (Phi) is 9.60. The third-order valence-electron chi connectivity index (χ3n) is 4.87. The molecule has 1 aromatic carbocycles. The molecule has 0 aliphatic carbocycles. The number of carbonyl (C=O) groups is 2. The Labute approximate surface area is 171 Å². The number of rotatable bonds is 13. The highest BCUT2D eigenvalue weighted by Crippen LogP contribution is 2.20. The lowest BCUT2D eigenvalue weighted by molar-refractivity contribution is -0.137. The van der Waals surface area contributed by atoms with Gasteiger partial charge in [-0.25, -0.2) is 0 Å². The number of anilines is 1. The second-order valence-electron chi connectivity index (χ2n) is 7.17. The zero-order valence-corrected chi connectivity index (χ0v) is 17.9. The quantitative estimate of drug-likeness (QED) is 0.304. The first kappa shape index (κ1) is 21.7. The van der Waals surface area contributed by atoms with Gasteiger partial charge in [-0.1, -0.05) is 80.6 Å². The third kappa shape index (κ3) is 7.49. The van der Waals surface area contributed by atoms with Crippen molar-refractivity contribution in [2.24, 2.45) is 0 Å². The highest BCUT2D eigenvalue weighted by molar-refractivity contribution is 9.10. The van der Waals surface area contributed by atoms with E-state index in [2.05, 4.69) is 28.2 Å². The molecule has 27 heavy (non-hydrogen) atoms. The Balaban J connectivity index is 1.61. The fourth-order valence-corrected chi connectivity index (χ4v) is 3.52. The van der Waals surface area contributed by atoms with Gasteiger partial charge >= 0.3 is 0 Å². The minimum atomic E-state index is -0.223. The van der Waals surface area contributed by atoms with Crippen molar-refractivity contribution < 1.29 is 9.59 Å². The molecule has 0 saturated carbocycles. The van der Waals surface area contributed by atoms with E-state index in [1.165, 1.54) is 62.3 Å². The molecule has 0 atom stereocenters. The summed E-state index contributed by atoms with van der Waals surface area (Å²) >= 11 is 3.38. The molecule has 0 bridgehead atoms. The first-order chi connectivity index (χ1) is 13.1. The monoisotopic (exact) mass is 434 g/mol. The highest BCUT2D eigenvalue weighted by Gasteiger charge is 2.30. The standard InChI is InChI=1S/C22H31BrN2O2/c1-2-3-4-5-6-7-8-9-10-11-16-25-21(26)17-20(22(25)27)24-19-14-12-18(23)13-15-19/h12-15,17,24H,2-11,16H2,1H3. The number of amides is 2.